The molecule has 33 heavy (non-hydrogen) atoms. The number of nitrogens with one attached hydrogen (secondary N) is 1. The Hall–Kier alpha value is -3.82. The fraction of sp³-hybridized carbons (Fsp3) is 0.261. The van der Waals surface area contributed by atoms with Gasteiger partial charge >= 0.3 is 12.1 Å². The van der Waals surface area contributed by atoms with Gasteiger partial charge in [-0.3, -0.25) is 4.79 Å². The van der Waals surface area contributed by atoms with E-state index in [-0.39, 0.29) is 23.8 Å². The molecule has 1 atom stereocenters. The number of carbonyl (C=O) groups excluding carboxylic acids is 1. The summed E-state index contributed by atoms with van der Waals surface area (Å²) in [6, 6.07) is 11.8. The van der Waals surface area contributed by atoms with Gasteiger partial charge in [-0.25, -0.2) is 4.79 Å². The summed E-state index contributed by atoms with van der Waals surface area (Å²) in [6.45, 7) is 3.07. The number of hydrogen-bond acceptors (Lipinski definition) is 5. The average molecular weight is 462 g/mol. The Labute approximate surface area is 187 Å². The highest BCUT2D eigenvalue weighted by molar-refractivity contribution is 5.95. The van der Waals surface area contributed by atoms with E-state index in [1.165, 1.54) is 24.3 Å². The summed E-state index contributed by atoms with van der Waals surface area (Å²) in [7, 11) is 0. The molecule has 1 unspecified atom stereocenters. The fourth-order valence-corrected chi connectivity index (χ4v) is 3.05. The number of benzene rings is 2. The van der Waals surface area contributed by atoms with Crippen molar-refractivity contribution < 1.29 is 37.1 Å². The number of aromatic nitrogens is 1. The molecule has 0 aliphatic carbocycles. The van der Waals surface area contributed by atoms with Crippen molar-refractivity contribution in [2.45, 2.75) is 32.7 Å². The summed E-state index contributed by atoms with van der Waals surface area (Å²) >= 11 is 0. The van der Waals surface area contributed by atoms with Gasteiger partial charge in [-0.1, -0.05) is 37.2 Å². The predicted octanol–water partition coefficient (Wildman–Crippen LogP) is 4.78. The van der Waals surface area contributed by atoms with E-state index in [9.17, 15) is 27.9 Å². The van der Waals surface area contributed by atoms with Crippen LogP contribution in [0, 0.1) is 5.92 Å². The zero-order chi connectivity index (χ0) is 24.2. The highest BCUT2D eigenvalue weighted by Gasteiger charge is 2.33. The minimum atomic E-state index is -4.47. The third kappa shape index (κ3) is 5.91. The van der Waals surface area contributed by atoms with E-state index in [1.807, 2.05) is 0 Å². The van der Waals surface area contributed by atoms with Crippen LogP contribution in [0.4, 0.5) is 13.2 Å². The van der Waals surface area contributed by atoms with E-state index < -0.39 is 29.7 Å². The second-order valence-corrected chi connectivity index (χ2v) is 7.58. The normalized spacial score (nSPS) is 12.4. The molecule has 0 aliphatic rings. The molecule has 2 N–H and O–H groups in total. The van der Waals surface area contributed by atoms with Gasteiger partial charge in [-0.05, 0) is 36.2 Å². The Kier molecular flexibility index (Phi) is 7.05. The topological polar surface area (TPSA) is 102 Å². The van der Waals surface area contributed by atoms with Crippen molar-refractivity contribution in [2.24, 2.45) is 5.92 Å². The lowest BCUT2D eigenvalue weighted by Gasteiger charge is -2.16. The van der Waals surface area contributed by atoms with Crippen LogP contribution in [0.15, 0.2) is 59.1 Å². The maximum atomic E-state index is 13.1. The van der Waals surface area contributed by atoms with E-state index in [0.29, 0.717) is 17.0 Å². The van der Waals surface area contributed by atoms with Gasteiger partial charge in [0.2, 0.25) is 5.76 Å². The van der Waals surface area contributed by atoms with Crippen molar-refractivity contribution in [1.82, 2.24) is 10.5 Å². The second-order valence-electron chi connectivity index (χ2n) is 7.58. The number of hydrogen-bond donors (Lipinski definition) is 2. The minimum absolute atomic E-state index is 0.0160. The predicted molar refractivity (Wildman–Crippen MR) is 111 cm³/mol. The van der Waals surface area contributed by atoms with Crippen LogP contribution in [0.25, 0.3) is 11.3 Å². The summed E-state index contributed by atoms with van der Waals surface area (Å²) in [5, 5.41) is 15.4. The maximum absolute atomic E-state index is 13.1. The molecule has 10 heteroatoms. The van der Waals surface area contributed by atoms with Crippen LogP contribution in [0.2, 0.25) is 0 Å². The zero-order valence-corrected chi connectivity index (χ0v) is 17.7. The van der Waals surface area contributed by atoms with Crippen LogP contribution >= 0.6 is 0 Å². The Morgan fingerprint density at radius 1 is 1.12 bits per heavy atom. The molecular weight excluding hydrogens is 441 g/mol. The monoisotopic (exact) mass is 462 g/mol. The van der Waals surface area contributed by atoms with Crippen LogP contribution in [-0.4, -0.2) is 28.2 Å². The van der Waals surface area contributed by atoms with Crippen molar-refractivity contribution in [1.29, 1.82) is 0 Å². The SMILES string of the molecule is CC(C)C(NC(=O)c1cc(-c2ccc(OCc3ccccc3C(F)(F)F)cc2)no1)C(=O)O. The number of aliphatic carboxylic acids is 1. The minimum Gasteiger partial charge on any atom is -0.489 e. The first-order valence-electron chi connectivity index (χ1n) is 9.95. The van der Waals surface area contributed by atoms with Gasteiger partial charge in [-0.15, -0.1) is 0 Å². The van der Waals surface area contributed by atoms with Crippen molar-refractivity contribution in [2.75, 3.05) is 0 Å². The average Bonchev–Trinajstić information content (AvgIpc) is 3.26. The Balaban J connectivity index is 1.66. The molecule has 0 saturated carbocycles. The highest BCUT2D eigenvalue weighted by Crippen LogP contribution is 2.32. The lowest BCUT2D eigenvalue weighted by molar-refractivity contribution is -0.140. The first kappa shape index (κ1) is 23.8. The summed E-state index contributed by atoms with van der Waals surface area (Å²) in [5.74, 6) is -2.01. The van der Waals surface area contributed by atoms with E-state index >= 15 is 0 Å². The zero-order valence-electron chi connectivity index (χ0n) is 17.7. The number of carboxylic acid groups (broad SMARTS) is 1. The number of ether oxygens (including phenoxy) is 1. The van der Waals surface area contributed by atoms with E-state index in [4.69, 9.17) is 9.26 Å². The largest absolute Gasteiger partial charge is 0.489 e. The molecule has 0 radical (unpaired) electrons. The molecule has 7 nitrogen and oxygen atoms in total. The maximum Gasteiger partial charge on any atom is 0.416 e. The number of alkyl halides is 3. The van der Waals surface area contributed by atoms with Crippen LogP contribution in [0.1, 0.15) is 35.5 Å². The Morgan fingerprint density at radius 3 is 2.39 bits per heavy atom. The van der Waals surface area contributed by atoms with E-state index in [2.05, 4.69) is 10.5 Å². The molecule has 1 heterocycles. The van der Waals surface area contributed by atoms with Gasteiger partial charge in [0.05, 0.1) is 5.56 Å². The summed E-state index contributed by atoms with van der Waals surface area (Å²) in [6.07, 6.45) is -4.47. The lowest BCUT2D eigenvalue weighted by Crippen LogP contribution is -2.44. The first-order valence-corrected chi connectivity index (χ1v) is 9.95. The number of halogens is 3. The fourth-order valence-electron chi connectivity index (χ4n) is 3.05. The molecule has 174 valence electrons. The smallest absolute Gasteiger partial charge is 0.416 e. The molecule has 0 bridgehead atoms. The standard InChI is InChI=1S/C23H21F3N2O5/c1-13(2)20(22(30)31)27-21(29)19-11-18(28-33-19)14-7-9-16(10-8-14)32-12-15-5-3-4-6-17(15)23(24,25)26/h3-11,13,20H,12H2,1-2H3,(H,27,29)(H,30,31). The summed E-state index contributed by atoms with van der Waals surface area (Å²) in [5.41, 5.74) is 0.157. The first-order chi connectivity index (χ1) is 15.6. The van der Waals surface area contributed by atoms with Crippen molar-refractivity contribution in [3.8, 4) is 17.0 Å². The number of nitrogens with zero attached hydrogens (tertiary/aromatic N) is 1. The number of amides is 1. The van der Waals surface area contributed by atoms with Gasteiger partial charge in [0.25, 0.3) is 5.91 Å². The van der Waals surface area contributed by atoms with Gasteiger partial charge in [0, 0.05) is 17.2 Å². The third-order valence-corrected chi connectivity index (χ3v) is 4.82. The molecular formula is C23H21F3N2O5. The molecule has 2 aromatic carbocycles. The molecule has 0 fully saturated rings. The molecule has 1 amide bonds. The molecule has 0 spiro atoms. The van der Waals surface area contributed by atoms with Crippen molar-refractivity contribution in [3.63, 3.8) is 0 Å². The van der Waals surface area contributed by atoms with E-state index in [0.717, 1.165) is 6.07 Å². The summed E-state index contributed by atoms with van der Waals surface area (Å²) in [4.78, 5) is 23.5. The van der Waals surface area contributed by atoms with Gasteiger partial charge in [0.15, 0.2) is 0 Å². The second kappa shape index (κ2) is 9.76. The van der Waals surface area contributed by atoms with Gasteiger partial charge in [0.1, 0.15) is 24.1 Å². The van der Waals surface area contributed by atoms with Crippen LogP contribution in [0.5, 0.6) is 5.75 Å². The molecule has 3 aromatic rings. The van der Waals surface area contributed by atoms with Crippen molar-refractivity contribution in [3.05, 3.63) is 71.5 Å². The Morgan fingerprint density at radius 2 is 1.79 bits per heavy atom. The van der Waals surface area contributed by atoms with Crippen molar-refractivity contribution >= 4 is 11.9 Å². The quantitative estimate of drug-likeness (QED) is 0.500. The number of carbonyl (C=O) groups is 2. The molecule has 0 aliphatic heterocycles. The summed E-state index contributed by atoms with van der Waals surface area (Å²) < 4.78 is 49.8. The van der Waals surface area contributed by atoms with Gasteiger partial charge < -0.3 is 19.7 Å². The highest BCUT2D eigenvalue weighted by atomic mass is 19.4. The molecule has 3 rings (SSSR count). The van der Waals surface area contributed by atoms with Gasteiger partial charge in [-0.2, -0.15) is 13.2 Å². The Bertz CT molecular complexity index is 1120. The van der Waals surface area contributed by atoms with Crippen LogP contribution in [-0.2, 0) is 17.6 Å². The lowest BCUT2D eigenvalue weighted by atomic mass is 10.0. The number of carboxylic acids is 1. The number of rotatable bonds is 8. The van der Waals surface area contributed by atoms with Crippen LogP contribution in [0.3, 0.4) is 0 Å². The molecule has 1 aromatic heterocycles. The van der Waals surface area contributed by atoms with E-state index in [1.54, 1.807) is 38.1 Å². The molecule has 0 saturated heterocycles. The third-order valence-electron chi connectivity index (χ3n) is 4.82. The van der Waals surface area contributed by atoms with Crippen LogP contribution < -0.4 is 10.1 Å².